The molecule has 0 bridgehead atoms. The molecular weight excluding hydrogens is 258 g/mol. The van der Waals surface area contributed by atoms with E-state index in [-0.39, 0.29) is 11.7 Å². The lowest BCUT2D eigenvalue weighted by atomic mass is 9.92. The summed E-state index contributed by atoms with van der Waals surface area (Å²) in [6.07, 6.45) is 2.07. The average molecular weight is 275 g/mol. The van der Waals surface area contributed by atoms with Crippen LogP contribution in [0.5, 0.6) is 0 Å². The van der Waals surface area contributed by atoms with E-state index in [9.17, 15) is 13.5 Å². The standard InChI is InChI=1S/C10H17N3O4S/c1-7(18(2,15)16)8-12-9(17-13-8)10(14)3-5-11-6-4-10/h7,11,14H,3-6H2,1-2H3. The first kappa shape index (κ1) is 13.4. The number of aromatic nitrogens is 2. The second-order valence-electron chi connectivity index (χ2n) is 4.71. The van der Waals surface area contributed by atoms with Crippen LogP contribution in [0.4, 0.5) is 0 Å². The second-order valence-corrected chi connectivity index (χ2v) is 7.08. The number of nitrogens with one attached hydrogen (secondary N) is 1. The maximum Gasteiger partial charge on any atom is 0.258 e. The molecule has 1 aliphatic heterocycles. The van der Waals surface area contributed by atoms with Gasteiger partial charge in [0.1, 0.15) is 10.9 Å². The van der Waals surface area contributed by atoms with E-state index in [0.717, 1.165) is 6.26 Å². The lowest BCUT2D eigenvalue weighted by Gasteiger charge is -2.28. The fourth-order valence-corrected chi connectivity index (χ4v) is 2.31. The lowest BCUT2D eigenvalue weighted by Crippen LogP contribution is -2.40. The van der Waals surface area contributed by atoms with Gasteiger partial charge in [-0.2, -0.15) is 4.98 Å². The first-order chi connectivity index (χ1) is 8.33. The molecule has 1 aromatic heterocycles. The van der Waals surface area contributed by atoms with Gasteiger partial charge in [-0.15, -0.1) is 0 Å². The van der Waals surface area contributed by atoms with Gasteiger partial charge < -0.3 is 14.9 Å². The summed E-state index contributed by atoms with van der Waals surface area (Å²) in [6.45, 7) is 2.82. The smallest absolute Gasteiger partial charge is 0.258 e. The summed E-state index contributed by atoms with van der Waals surface area (Å²) in [5, 5.41) is 16.3. The van der Waals surface area contributed by atoms with Crippen molar-refractivity contribution in [2.24, 2.45) is 0 Å². The summed E-state index contributed by atoms with van der Waals surface area (Å²) >= 11 is 0. The summed E-state index contributed by atoms with van der Waals surface area (Å²) in [5.41, 5.74) is -1.15. The highest BCUT2D eigenvalue weighted by Crippen LogP contribution is 2.30. The molecular formula is C10H17N3O4S. The zero-order chi connectivity index (χ0) is 13.4. The van der Waals surface area contributed by atoms with Gasteiger partial charge in [0.2, 0.25) is 0 Å². The third-order valence-corrected chi connectivity index (χ3v) is 4.77. The molecule has 18 heavy (non-hydrogen) atoms. The second kappa shape index (κ2) is 4.60. The fraction of sp³-hybridized carbons (Fsp3) is 0.800. The van der Waals surface area contributed by atoms with Crippen LogP contribution in [0.1, 0.15) is 36.7 Å². The first-order valence-electron chi connectivity index (χ1n) is 5.79. The van der Waals surface area contributed by atoms with Crippen molar-refractivity contribution < 1.29 is 18.0 Å². The maximum absolute atomic E-state index is 11.4. The molecule has 7 nitrogen and oxygen atoms in total. The molecule has 1 fully saturated rings. The minimum absolute atomic E-state index is 0.0967. The number of rotatable bonds is 3. The summed E-state index contributed by atoms with van der Waals surface area (Å²) in [5.74, 6) is 0.203. The molecule has 2 heterocycles. The van der Waals surface area contributed by atoms with Gasteiger partial charge in [0.25, 0.3) is 5.89 Å². The molecule has 1 unspecified atom stereocenters. The van der Waals surface area contributed by atoms with Gasteiger partial charge in [-0.1, -0.05) is 5.16 Å². The molecule has 8 heteroatoms. The van der Waals surface area contributed by atoms with Crippen LogP contribution in [-0.2, 0) is 15.4 Å². The molecule has 0 amide bonds. The Morgan fingerprint density at radius 2 is 2.06 bits per heavy atom. The quantitative estimate of drug-likeness (QED) is 0.783. The predicted molar refractivity (Wildman–Crippen MR) is 63.6 cm³/mol. The molecule has 1 atom stereocenters. The van der Waals surface area contributed by atoms with Gasteiger partial charge in [0, 0.05) is 6.26 Å². The molecule has 1 saturated heterocycles. The Morgan fingerprint density at radius 3 is 2.61 bits per heavy atom. The van der Waals surface area contributed by atoms with Gasteiger partial charge in [0.15, 0.2) is 15.7 Å². The minimum Gasteiger partial charge on any atom is -0.380 e. The highest BCUT2D eigenvalue weighted by Gasteiger charge is 2.38. The highest BCUT2D eigenvalue weighted by molar-refractivity contribution is 7.90. The Kier molecular flexibility index (Phi) is 3.43. The van der Waals surface area contributed by atoms with Crippen LogP contribution in [0, 0.1) is 0 Å². The van der Waals surface area contributed by atoms with Crippen LogP contribution in [0.15, 0.2) is 4.52 Å². The zero-order valence-electron chi connectivity index (χ0n) is 10.4. The molecule has 1 aromatic rings. The van der Waals surface area contributed by atoms with Gasteiger partial charge in [-0.3, -0.25) is 0 Å². The van der Waals surface area contributed by atoms with Crippen LogP contribution >= 0.6 is 0 Å². The van der Waals surface area contributed by atoms with Crippen molar-refractivity contribution in [1.82, 2.24) is 15.5 Å². The SMILES string of the molecule is CC(c1noc(C2(O)CCNCC2)n1)S(C)(=O)=O. The predicted octanol–water partition coefficient (Wildman–Crippen LogP) is -0.254. The van der Waals surface area contributed by atoms with Crippen LogP contribution in [0.2, 0.25) is 0 Å². The molecule has 2 N–H and O–H groups in total. The van der Waals surface area contributed by atoms with E-state index >= 15 is 0 Å². The number of piperidine rings is 1. The Bertz CT molecular complexity index is 519. The molecule has 0 saturated carbocycles. The molecule has 0 aliphatic carbocycles. The monoisotopic (exact) mass is 275 g/mol. The van der Waals surface area contributed by atoms with Gasteiger partial charge in [0.05, 0.1) is 0 Å². The topological polar surface area (TPSA) is 105 Å². The third-order valence-electron chi connectivity index (χ3n) is 3.28. The molecule has 0 radical (unpaired) electrons. The number of sulfone groups is 1. The van der Waals surface area contributed by atoms with Gasteiger partial charge in [-0.05, 0) is 32.9 Å². The summed E-state index contributed by atoms with van der Waals surface area (Å²) in [4.78, 5) is 4.04. The van der Waals surface area contributed by atoms with Crippen molar-refractivity contribution in [3.63, 3.8) is 0 Å². The Hall–Kier alpha value is -0.990. The first-order valence-corrected chi connectivity index (χ1v) is 7.74. The minimum atomic E-state index is -3.27. The molecule has 102 valence electrons. The van der Waals surface area contributed by atoms with Crippen LogP contribution in [0.25, 0.3) is 0 Å². The van der Waals surface area contributed by atoms with Crippen molar-refractivity contribution in [2.75, 3.05) is 19.3 Å². The van der Waals surface area contributed by atoms with E-state index in [0.29, 0.717) is 25.9 Å². The maximum atomic E-state index is 11.4. The summed E-state index contributed by atoms with van der Waals surface area (Å²) in [6, 6.07) is 0. The summed E-state index contributed by atoms with van der Waals surface area (Å²) in [7, 11) is -3.27. The average Bonchev–Trinajstić information content (AvgIpc) is 2.77. The van der Waals surface area contributed by atoms with E-state index in [4.69, 9.17) is 4.52 Å². The van der Waals surface area contributed by atoms with E-state index in [1.165, 1.54) is 6.92 Å². The van der Waals surface area contributed by atoms with Crippen molar-refractivity contribution in [2.45, 2.75) is 30.6 Å². The lowest BCUT2D eigenvalue weighted by molar-refractivity contribution is -0.0228. The van der Waals surface area contributed by atoms with Crippen LogP contribution in [-0.4, -0.2) is 43.0 Å². The van der Waals surface area contributed by atoms with Crippen molar-refractivity contribution >= 4 is 9.84 Å². The Morgan fingerprint density at radius 1 is 1.44 bits per heavy atom. The van der Waals surface area contributed by atoms with Gasteiger partial charge >= 0.3 is 0 Å². The van der Waals surface area contributed by atoms with E-state index in [1.54, 1.807) is 0 Å². The van der Waals surface area contributed by atoms with E-state index in [1.807, 2.05) is 0 Å². The molecule has 2 rings (SSSR count). The van der Waals surface area contributed by atoms with Crippen molar-refractivity contribution in [3.05, 3.63) is 11.7 Å². The summed E-state index contributed by atoms with van der Waals surface area (Å²) < 4.78 is 27.8. The Labute approximate surface area is 105 Å². The number of aliphatic hydroxyl groups is 1. The van der Waals surface area contributed by atoms with Crippen molar-refractivity contribution in [1.29, 1.82) is 0 Å². The third kappa shape index (κ3) is 2.55. The fourth-order valence-electron chi connectivity index (χ4n) is 1.83. The van der Waals surface area contributed by atoms with Crippen LogP contribution in [0.3, 0.4) is 0 Å². The number of nitrogens with zero attached hydrogens (tertiary/aromatic N) is 2. The normalized spacial score (nSPS) is 21.7. The van der Waals surface area contributed by atoms with Crippen LogP contribution < -0.4 is 5.32 Å². The number of hydrogen-bond acceptors (Lipinski definition) is 7. The van der Waals surface area contributed by atoms with E-state index in [2.05, 4.69) is 15.5 Å². The zero-order valence-corrected chi connectivity index (χ0v) is 11.2. The number of hydrogen-bond donors (Lipinski definition) is 2. The molecule has 0 aromatic carbocycles. The van der Waals surface area contributed by atoms with Gasteiger partial charge in [-0.25, -0.2) is 8.42 Å². The molecule has 1 aliphatic rings. The largest absolute Gasteiger partial charge is 0.380 e. The Balaban J connectivity index is 2.25. The van der Waals surface area contributed by atoms with Crippen molar-refractivity contribution in [3.8, 4) is 0 Å². The van der Waals surface area contributed by atoms with E-state index < -0.39 is 20.7 Å². The molecule has 0 spiro atoms. The highest BCUT2D eigenvalue weighted by atomic mass is 32.2.